The number of halogens is 1. The second kappa shape index (κ2) is 8.17. The van der Waals surface area contributed by atoms with E-state index in [2.05, 4.69) is 14.7 Å². The molecule has 2 aromatic heterocycles. The van der Waals surface area contributed by atoms with Gasteiger partial charge in [-0.25, -0.2) is 22.5 Å². The summed E-state index contributed by atoms with van der Waals surface area (Å²) in [4.78, 5) is 8.45. The molecule has 0 saturated heterocycles. The Hall–Kier alpha value is -3.36. The van der Waals surface area contributed by atoms with Crippen LogP contribution >= 0.6 is 0 Å². The summed E-state index contributed by atoms with van der Waals surface area (Å²) in [5, 5.41) is 0.752. The number of ether oxygens (including phenoxy) is 1. The van der Waals surface area contributed by atoms with Crippen LogP contribution < -0.4 is 9.46 Å². The first-order valence-corrected chi connectivity index (χ1v) is 10.6. The van der Waals surface area contributed by atoms with Crippen LogP contribution in [0.2, 0.25) is 0 Å². The predicted molar refractivity (Wildman–Crippen MR) is 111 cm³/mol. The molecule has 2 heterocycles. The molecule has 0 aliphatic carbocycles. The standard InChI is InChI=1S/C22H18FN3O3S/c1-15-11-17-5-4-8-20(22(17)25-13-15)30(27,28)26-14-16-9-10-24-21(12-16)29-19-7-3-2-6-18(19)23/h2-13,26H,14H2,1H3. The Labute approximate surface area is 173 Å². The molecule has 0 aliphatic rings. The molecule has 0 fully saturated rings. The van der Waals surface area contributed by atoms with Gasteiger partial charge < -0.3 is 4.74 Å². The van der Waals surface area contributed by atoms with Gasteiger partial charge in [-0.3, -0.25) is 4.98 Å². The Morgan fingerprint density at radius 2 is 1.87 bits per heavy atom. The third kappa shape index (κ3) is 4.29. The first-order chi connectivity index (χ1) is 14.4. The fraction of sp³-hybridized carbons (Fsp3) is 0.0909. The molecule has 4 aromatic rings. The number of rotatable bonds is 6. The molecule has 0 radical (unpaired) electrons. The average Bonchev–Trinajstić information content (AvgIpc) is 2.74. The Morgan fingerprint density at radius 3 is 2.70 bits per heavy atom. The molecule has 0 saturated carbocycles. The van der Waals surface area contributed by atoms with Gasteiger partial charge in [-0.1, -0.05) is 24.3 Å². The van der Waals surface area contributed by atoms with Crippen LogP contribution in [0.25, 0.3) is 10.9 Å². The molecule has 0 bridgehead atoms. The molecule has 0 amide bonds. The lowest BCUT2D eigenvalue weighted by molar-refractivity contribution is 0.427. The molecule has 152 valence electrons. The van der Waals surface area contributed by atoms with Crippen molar-refractivity contribution < 1.29 is 17.5 Å². The van der Waals surface area contributed by atoms with Crippen LogP contribution in [0.5, 0.6) is 11.6 Å². The van der Waals surface area contributed by atoms with Gasteiger partial charge in [0.15, 0.2) is 11.6 Å². The highest BCUT2D eigenvalue weighted by Gasteiger charge is 2.18. The number of aryl methyl sites for hydroxylation is 1. The number of benzene rings is 2. The van der Waals surface area contributed by atoms with E-state index >= 15 is 0 Å². The molecule has 6 nitrogen and oxygen atoms in total. The van der Waals surface area contributed by atoms with E-state index in [4.69, 9.17) is 4.74 Å². The lowest BCUT2D eigenvalue weighted by Gasteiger charge is -2.10. The van der Waals surface area contributed by atoms with Crippen LogP contribution in [-0.2, 0) is 16.6 Å². The van der Waals surface area contributed by atoms with Gasteiger partial charge in [-0.2, -0.15) is 0 Å². The third-order valence-corrected chi connectivity index (χ3v) is 5.85. The third-order valence-electron chi connectivity index (χ3n) is 4.42. The van der Waals surface area contributed by atoms with Crippen LogP contribution in [0.15, 0.2) is 78.0 Å². The number of hydrogen-bond acceptors (Lipinski definition) is 5. The van der Waals surface area contributed by atoms with Crippen molar-refractivity contribution in [1.82, 2.24) is 14.7 Å². The van der Waals surface area contributed by atoms with Crippen molar-refractivity contribution in [1.29, 1.82) is 0 Å². The maximum Gasteiger partial charge on any atom is 0.243 e. The highest BCUT2D eigenvalue weighted by Crippen LogP contribution is 2.24. The fourth-order valence-corrected chi connectivity index (χ4v) is 4.17. The molecule has 0 spiro atoms. The van der Waals surface area contributed by atoms with Gasteiger partial charge >= 0.3 is 0 Å². The van der Waals surface area contributed by atoms with Gasteiger partial charge in [-0.15, -0.1) is 0 Å². The Kier molecular flexibility index (Phi) is 5.43. The molecular weight excluding hydrogens is 405 g/mol. The zero-order valence-corrected chi connectivity index (χ0v) is 16.9. The lowest BCUT2D eigenvalue weighted by atomic mass is 10.2. The van der Waals surface area contributed by atoms with Crippen LogP contribution in [0.4, 0.5) is 4.39 Å². The second-order valence-corrected chi connectivity index (χ2v) is 8.44. The van der Waals surface area contributed by atoms with E-state index in [1.165, 1.54) is 24.4 Å². The molecule has 0 atom stereocenters. The first-order valence-electron chi connectivity index (χ1n) is 9.15. The van der Waals surface area contributed by atoms with E-state index in [9.17, 15) is 12.8 Å². The number of hydrogen-bond donors (Lipinski definition) is 1. The Morgan fingerprint density at radius 1 is 1.03 bits per heavy atom. The quantitative estimate of drug-likeness (QED) is 0.499. The van der Waals surface area contributed by atoms with Crippen molar-refractivity contribution in [3.05, 3.63) is 90.0 Å². The van der Waals surface area contributed by atoms with E-state index in [0.717, 1.165) is 10.9 Å². The van der Waals surface area contributed by atoms with Crippen molar-refractivity contribution >= 4 is 20.9 Å². The molecule has 30 heavy (non-hydrogen) atoms. The summed E-state index contributed by atoms with van der Waals surface area (Å²) in [5.74, 6) is -0.303. The van der Waals surface area contributed by atoms with Gasteiger partial charge in [0.1, 0.15) is 4.90 Å². The van der Waals surface area contributed by atoms with Crippen molar-refractivity contribution in [3.63, 3.8) is 0 Å². The molecule has 4 rings (SSSR count). The summed E-state index contributed by atoms with van der Waals surface area (Å²) in [6.45, 7) is 1.91. The number of pyridine rings is 2. The molecular formula is C22H18FN3O3S. The second-order valence-electron chi connectivity index (χ2n) is 6.70. The molecule has 1 N–H and O–H groups in total. The van der Waals surface area contributed by atoms with Crippen molar-refractivity contribution in [2.75, 3.05) is 0 Å². The number of nitrogens with zero attached hydrogens (tertiary/aromatic N) is 2. The molecule has 0 unspecified atom stereocenters. The zero-order valence-electron chi connectivity index (χ0n) is 16.0. The molecule has 0 aliphatic heterocycles. The first kappa shape index (κ1) is 19.9. The Bertz CT molecular complexity index is 1330. The summed E-state index contributed by atoms with van der Waals surface area (Å²) in [7, 11) is -3.81. The van der Waals surface area contributed by atoms with E-state index in [1.54, 1.807) is 36.5 Å². The molecule has 8 heteroatoms. The van der Waals surface area contributed by atoms with Crippen LogP contribution in [0, 0.1) is 12.7 Å². The topological polar surface area (TPSA) is 81.2 Å². The normalized spacial score (nSPS) is 11.5. The summed E-state index contributed by atoms with van der Waals surface area (Å²) in [6, 6.07) is 16.1. The molecule has 2 aromatic carbocycles. The summed E-state index contributed by atoms with van der Waals surface area (Å²) < 4.78 is 47.6. The van der Waals surface area contributed by atoms with Crippen LogP contribution in [-0.4, -0.2) is 18.4 Å². The number of fused-ring (bicyclic) bond motifs is 1. The number of sulfonamides is 1. The largest absolute Gasteiger partial charge is 0.436 e. The van der Waals surface area contributed by atoms with Crippen molar-refractivity contribution in [2.24, 2.45) is 0 Å². The van der Waals surface area contributed by atoms with Gasteiger partial charge in [-0.05, 0) is 48.4 Å². The minimum Gasteiger partial charge on any atom is -0.436 e. The highest BCUT2D eigenvalue weighted by atomic mass is 32.2. The SMILES string of the molecule is Cc1cnc2c(S(=O)(=O)NCc3ccnc(Oc4ccccc4F)c3)cccc2c1. The van der Waals surface area contributed by atoms with Crippen LogP contribution in [0.3, 0.4) is 0 Å². The monoisotopic (exact) mass is 423 g/mol. The predicted octanol–water partition coefficient (Wildman–Crippen LogP) is 4.35. The zero-order chi connectivity index (χ0) is 21.1. The average molecular weight is 423 g/mol. The van der Waals surface area contributed by atoms with E-state index in [1.807, 2.05) is 19.1 Å². The van der Waals surface area contributed by atoms with Gasteiger partial charge in [0.05, 0.1) is 5.52 Å². The number of nitrogens with one attached hydrogen (secondary N) is 1. The minimum atomic E-state index is -3.81. The maximum atomic E-state index is 13.8. The van der Waals surface area contributed by atoms with E-state index < -0.39 is 15.8 Å². The smallest absolute Gasteiger partial charge is 0.243 e. The van der Waals surface area contributed by atoms with Gasteiger partial charge in [0.2, 0.25) is 15.9 Å². The van der Waals surface area contributed by atoms with E-state index in [0.29, 0.717) is 11.1 Å². The van der Waals surface area contributed by atoms with Crippen molar-refractivity contribution in [2.45, 2.75) is 18.4 Å². The summed E-state index contributed by atoms with van der Waals surface area (Å²) >= 11 is 0. The summed E-state index contributed by atoms with van der Waals surface area (Å²) in [5.41, 5.74) is 1.97. The highest BCUT2D eigenvalue weighted by molar-refractivity contribution is 7.89. The summed E-state index contributed by atoms with van der Waals surface area (Å²) in [6.07, 6.45) is 3.11. The fourth-order valence-electron chi connectivity index (χ4n) is 2.97. The van der Waals surface area contributed by atoms with Crippen LogP contribution in [0.1, 0.15) is 11.1 Å². The van der Waals surface area contributed by atoms with Gasteiger partial charge in [0.25, 0.3) is 0 Å². The number of para-hydroxylation sites is 2. The van der Waals surface area contributed by atoms with Crippen molar-refractivity contribution in [3.8, 4) is 11.6 Å². The maximum absolute atomic E-state index is 13.8. The van der Waals surface area contributed by atoms with E-state index in [-0.39, 0.29) is 23.1 Å². The minimum absolute atomic E-state index is 0.0146. The lowest BCUT2D eigenvalue weighted by Crippen LogP contribution is -2.23. The van der Waals surface area contributed by atoms with Gasteiger partial charge in [0, 0.05) is 30.4 Å². The number of aromatic nitrogens is 2. The Balaban J connectivity index is 1.54.